The Balaban J connectivity index is 1.85. The van der Waals surface area contributed by atoms with Gasteiger partial charge in [0.15, 0.2) is 6.61 Å². The van der Waals surface area contributed by atoms with E-state index < -0.39 is 18.3 Å². The van der Waals surface area contributed by atoms with Crippen molar-refractivity contribution in [3.8, 4) is 11.5 Å². The Bertz CT molecular complexity index is 680. The number of carbonyl (C=O) groups is 1. The first-order valence-corrected chi connectivity index (χ1v) is 6.74. The fourth-order valence-corrected chi connectivity index (χ4v) is 1.80. The van der Waals surface area contributed by atoms with Gasteiger partial charge in [0.2, 0.25) is 0 Å². The zero-order chi connectivity index (χ0) is 16.8. The number of halogens is 4. The van der Waals surface area contributed by atoms with Crippen molar-refractivity contribution in [2.45, 2.75) is 6.61 Å². The highest BCUT2D eigenvalue weighted by molar-refractivity contribution is 6.30. The van der Waals surface area contributed by atoms with E-state index in [1.165, 1.54) is 36.4 Å². The van der Waals surface area contributed by atoms with E-state index in [9.17, 15) is 18.0 Å². The van der Waals surface area contributed by atoms with E-state index in [1.807, 2.05) is 0 Å². The van der Waals surface area contributed by atoms with Crippen LogP contribution in [0.15, 0.2) is 42.5 Å². The van der Waals surface area contributed by atoms with E-state index in [1.54, 1.807) is 0 Å². The Kier molecular flexibility index (Phi) is 5.70. The van der Waals surface area contributed by atoms with Crippen LogP contribution in [0.25, 0.3) is 0 Å². The van der Waals surface area contributed by atoms with Crippen LogP contribution in [0.2, 0.25) is 5.02 Å². The summed E-state index contributed by atoms with van der Waals surface area (Å²) in [6, 6.07) is 9.11. The van der Waals surface area contributed by atoms with Gasteiger partial charge >= 0.3 is 6.61 Å². The molecule has 0 saturated carbocycles. The van der Waals surface area contributed by atoms with Gasteiger partial charge in [-0.15, -0.1) is 0 Å². The molecule has 23 heavy (non-hydrogen) atoms. The fourth-order valence-electron chi connectivity index (χ4n) is 1.63. The van der Waals surface area contributed by atoms with Gasteiger partial charge in [-0.2, -0.15) is 8.78 Å². The molecule has 122 valence electrons. The summed E-state index contributed by atoms with van der Waals surface area (Å²) >= 11 is 5.59. The molecule has 0 atom stereocenters. The largest absolute Gasteiger partial charge is 0.484 e. The summed E-state index contributed by atoms with van der Waals surface area (Å²) in [7, 11) is 0. The summed E-state index contributed by atoms with van der Waals surface area (Å²) in [6.45, 7) is -3.23. The summed E-state index contributed by atoms with van der Waals surface area (Å²) in [5, 5.41) is 2.39. The quantitative estimate of drug-likeness (QED) is 0.857. The molecule has 2 aromatic carbocycles. The van der Waals surface area contributed by atoms with E-state index in [0.29, 0.717) is 5.69 Å². The molecule has 0 unspecified atom stereocenters. The van der Waals surface area contributed by atoms with Crippen LogP contribution in [0.3, 0.4) is 0 Å². The molecule has 0 spiro atoms. The highest BCUT2D eigenvalue weighted by atomic mass is 35.5. The SMILES string of the molecule is O=C(COc1ccc(F)c(Cl)c1)Nc1ccc(OC(F)F)cc1. The molecular formula is C15H11ClF3NO3. The number of alkyl halides is 2. The Labute approximate surface area is 134 Å². The number of anilines is 1. The molecule has 0 fully saturated rings. The summed E-state index contributed by atoms with van der Waals surface area (Å²) in [4.78, 5) is 11.7. The average molecular weight is 346 g/mol. The molecule has 2 aromatic rings. The Morgan fingerprint density at radius 2 is 1.78 bits per heavy atom. The van der Waals surface area contributed by atoms with Crippen molar-refractivity contribution in [3.05, 3.63) is 53.3 Å². The minimum atomic E-state index is -2.91. The molecule has 1 N–H and O–H groups in total. The maximum absolute atomic E-state index is 13.0. The molecule has 1 amide bonds. The molecule has 4 nitrogen and oxygen atoms in total. The third-order valence-electron chi connectivity index (χ3n) is 2.62. The molecule has 0 aromatic heterocycles. The third kappa shape index (κ3) is 5.37. The summed E-state index contributed by atoms with van der Waals surface area (Å²) in [5.41, 5.74) is 0.386. The Hall–Kier alpha value is -2.41. The molecule has 0 saturated heterocycles. The lowest BCUT2D eigenvalue weighted by Gasteiger charge is -2.09. The van der Waals surface area contributed by atoms with E-state index >= 15 is 0 Å². The molecule has 0 radical (unpaired) electrons. The Morgan fingerprint density at radius 1 is 1.13 bits per heavy atom. The lowest BCUT2D eigenvalue weighted by molar-refractivity contribution is -0.118. The van der Waals surface area contributed by atoms with Crippen LogP contribution in [0.5, 0.6) is 11.5 Å². The number of ether oxygens (including phenoxy) is 2. The normalized spacial score (nSPS) is 10.5. The number of carbonyl (C=O) groups excluding carboxylic acids is 1. The molecule has 8 heteroatoms. The second-order valence-electron chi connectivity index (χ2n) is 4.32. The fraction of sp³-hybridized carbons (Fsp3) is 0.133. The molecule has 0 heterocycles. The van der Waals surface area contributed by atoms with Crippen molar-refractivity contribution in [1.29, 1.82) is 0 Å². The zero-order valence-electron chi connectivity index (χ0n) is 11.6. The first-order valence-electron chi connectivity index (χ1n) is 6.36. The minimum Gasteiger partial charge on any atom is -0.484 e. The molecule has 0 aliphatic carbocycles. The van der Waals surface area contributed by atoms with E-state index in [4.69, 9.17) is 16.3 Å². The number of amides is 1. The minimum absolute atomic E-state index is 0.0183. The smallest absolute Gasteiger partial charge is 0.387 e. The van der Waals surface area contributed by atoms with Crippen molar-refractivity contribution in [1.82, 2.24) is 0 Å². The van der Waals surface area contributed by atoms with Crippen LogP contribution in [-0.2, 0) is 4.79 Å². The molecular weight excluding hydrogens is 335 g/mol. The predicted molar refractivity (Wildman–Crippen MR) is 78.6 cm³/mol. The van der Waals surface area contributed by atoms with Gasteiger partial charge in [-0.1, -0.05) is 11.6 Å². The van der Waals surface area contributed by atoms with Crippen molar-refractivity contribution < 1.29 is 27.4 Å². The lowest BCUT2D eigenvalue weighted by Crippen LogP contribution is -2.20. The number of hydrogen-bond donors (Lipinski definition) is 1. The van der Waals surface area contributed by atoms with Crippen molar-refractivity contribution in [2.75, 3.05) is 11.9 Å². The van der Waals surface area contributed by atoms with Crippen LogP contribution in [0.4, 0.5) is 18.9 Å². The molecule has 0 aliphatic heterocycles. The standard InChI is InChI=1S/C15H11ClF3NO3/c16-12-7-11(5-6-13(12)17)22-8-14(21)20-9-1-3-10(4-2-9)23-15(18)19/h1-7,15H,8H2,(H,20,21). The Morgan fingerprint density at radius 3 is 2.39 bits per heavy atom. The van der Waals surface area contributed by atoms with E-state index in [0.717, 1.165) is 6.07 Å². The van der Waals surface area contributed by atoms with Crippen molar-refractivity contribution >= 4 is 23.2 Å². The third-order valence-corrected chi connectivity index (χ3v) is 2.91. The van der Waals surface area contributed by atoms with Gasteiger partial charge in [0, 0.05) is 11.8 Å². The van der Waals surface area contributed by atoms with Crippen LogP contribution < -0.4 is 14.8 Å². The zero-order valence-corrected chi connectivity index (χ0v) is 12.3. The maximum Gasteiger partial charge on any atom is 0.387 e. The summed E-state index contributed by atoms with van der Waals surface area (Å²) in [6.07, 6.45) is 0. The number of hydrogen-bond acceptors (Lipinski definition) is 3. The highest BCUT2D eigenvalue weighted by Gasteiger charge is 2.07. The van der Waals surface area contributed by atoms with Crippen molar-refractivity contribution in [2.24, 2.45) is 0 Å². The number of benzene rings is 2. The number of rotatable bonds is 6. The molecule has 0 bridgehead atoms. The lowest BCUT2D eigenvalue weighted by atomic mass is 10.3. The van der Waals surface area contributed by atoms with E-state index in [2.05, 4.69) is 10.1 Å². The average Bonchev–Trinajstić information content (AvgIpc) is 2.50. The number of nitrogens with one attached hydrogen (secondary N) is 1. The van der Waals surface area contributed by atoms with Gasteiger partial charge in [-0.25, -0.2) is 4.39 Å². The first kappa shape index (κ1) is 17.0. The van der Waals surface area contributed by atoms with Crippen LogP contribution >= 0.6 is 11.6 Å². The summed E-state index contributed by atoms with van der Waals surface area (Å²) in [5.74, 6) is -0.843. The van der Waals surface area contributed by atoms with Crippen LogP contribution in [-0.4, -0.2) is 19.1 Å². The molecule has 0 aliphatic rings. The monoisotopic (exact) mass is 345 g/mol. The van der Waals surface area contributed by atoms with Gasteiger partial charge < -0.3 is 14.8 Å². The predicted octanol–water partition coefficient (Wildman–Crippen LogP) is 4.10. The van der Waals surface area contributed by atoms with Crippen LogP contribution in [0.1, 0.15) is 0 Å². The van der Waals surface area contributed by atoms with Gasteiger partial charge in [0.1, 0.15) is 17.3 Å². The maximum atomic E-state index is 13.0. The summed E-state index contributed by atoms with van der Waals surface area (Å²) < 4.78 is 46.3. The highest BCUT2D eigenvalue weighted by Crippen LogP contribution is 2.21. The first-order chi connectivity index (χ1) is 10.9. The topological polar surface area (TPSA) is 47.6 Å². The van der Waals surface area contributed by atoms with Gasteiger partial charge in [-0.05, 0) is 36.4 Å². The second-order valence-corrected chi connectivity index (χ2v) is 4.72. The van der Waals surface area contributed by atoms with Gasteiger partial charge in [0.25, 0.3) is 5.91 Å². The van der Waals surface area contributed by atoms with Crippen molar-refractivity contribution in [3.63, 3.8) is 0 Å². The second kappa shape index (κ2) is 7.73. The van der Waals surface area contributed by atoms with Crippen LogP contribution in [0, 0.1) is 5.82 Å². The van der Waals surface area contributed by atoms with E-state index in [-0.39, 0.29) is 23.1 Å². The molecule has 2 rings (SSSR count). The van der Waals surface area contributed by atoms with Gasteiger partial charge in [0.05, 0.1) is 5.02 Å². The van der Waals surface area contributed by atoms with Gasteiger partial charge in [-0.3, -0.25) is 4.79 Å².